The van der Waals surface area contributed by atoms with Gasteiger partial charge in [-0.2, -0.15) is 20.1 Å². The van der Waals surface area contributed by atoms with Gasteiger partial charge in [-0.1, -0.05) is 11.6 Å². The molecule has 3 heterocycles. The van der Waals surface area contributed by atoms with Crippen molar-refractivity contribution in [2.75, 3.05) is 41.4 Å². The molecule has 4 rings (SSSR count). The molecule has 142 valence electrons. The van der Waals surface area contributed by atoms with Gasteiger partial charge in [0.05, 0.1) is 6.21 Å². The zero-order valence-corrected chi connectivity index (χ0v) is 15.7. The molecule has 2 aliphatic rings. The molecule has 0 amide bonds. The number of anilines is 3. The molecule has 1 aromatic carbocycles. The van der Waals surface area contributed by atoms with E-state index in [1.54, 1.807) is 12.1 Å². The molecule has 0 radical (unpaired) electrons. The first kappa shape index (κ1) is 17.8. The quantitative estimate of drug-likeness (QED) is 0.602. The summed E-state index contributed by atoms with van der Waals surface area (Å²) in [4.78, 5) is 18.1. The fourth-order valence-electron chi connectivity index (χ4n) is 3.31. The second kappa shape index (κ2) is 7.96. The van der Waals surface area contributed by atoms with Crippen LogP contribution in [0.15, 0.2) is 23.3 Å². The molecule has 0 aliphatic carbocycles. The van der Waals surface area contributed by atoms with Crippen molar-refractivity contribution >= 4 is 35.7 Å². The van der Waals surface area contributed by atoms with Crippen molar-refractivity contribution in [1.82, 2.24) is 15.0 Å². The molecule has 9 heteroatoms. The molecule has 0 atom stereocenters. The topological polar surface area (TPSA) is 89.8 Å². The molecular weight excluding hydrogens is 366 g/mol. The van der Waals surface area contributed by atoms with Crippen LogP contribution in [0.1, 0.15) is 31.2 Å². The summed E-state index contributed by atoms with van der Waals surface area (Å²) in [6.07, 6.45) is 6.11. The summed E-state index contributed by atoms with van der Waals surface area (Å²) in [5, 5.41) is 14.6. The van der Waals surface area contributed by atoms with E-state index in [1.165, 1.54) is 12.3 Å². The van der Waals surface area contributed by atoms with Crippen LogP contribution in [0.2, 0.25) is 5.02 Å². The van der Waals surface area contributed by atoms with E-state index in [2.05, 4.69) is 35.3 Å². The molecule has 0 unspecified atom stereocenters. The van der Waals surface area contributed by atoms with Gasteiger partial charge in [0.2, 0.25) is 17.8 Å². The number of hydrogen-bond acceptors (Lipinski definition) is 8. The summed E-state index contributed by atoms with van der Waals surface area (Å²) in [6.45, 7) is 3.84. The number of halogens is 1. The molecule has 0 saturated carbocycles. The number of benzene rings is 1. The minimum atomic E-state index is 0.108. The lowest BCUT2D eigenvalue weighted by atomic mass is 10.2. The number of hydrazone groups is 1. The van der Waals surface area contributed by atoms with Crippen molar-refractivity contribution in [3.63, 3.8) is 0 Å². The predicted octanol–water partition coefficient (Wildman–Crippen LogP) is 2.88. The Bertz CT molecular complexity index is 798. The molecule has 0 bridgehead atoms. The van der Waals surface area contributed by atoms with Gasteiger partial charge in [0.15, 0.2) is 0 Å². The number of hydrogen-bond donors (Lipinski definition) is 2. The van der Waals surface area contributed by atoms with Gasteiger partial charge in [-0.15, -0.1) is 0 Å². The molecule has 2 fully saturated rings. The molecule has 2 N–H and O–H groups in total. The van der Waals surface area contributed by atoms with Crippen molar-refractivity contribution in [3.8, 4) is 5.75 Å². The third-order valence-corrected chi connectivity index (χ3v) is 4.98. The Morgan fingerprint density at radius 3 is 2.15 bits per heavy atom. The Morgan fingerprint density at radius 2 is 1.56 bits per heavy atom. The van der Waals surface area contributed by atoms with Gasteiger partial charge in [-0.25, -0.2) is 5.43 Å². The first-order chi connectivity index (χ1) is 13.2. The van der Waals surface area contributed by atoms with E-state index in [1.807, 2.05) is 0 Å². The van der Waals surface area contributed by atoms with Crippen LogP contribution in [0.25, 0.3) is 0 Å². The van der Waals surface area contributed by atoms with E-state index in [9.17, 15) is 5.11 Å². The summed E-state index contributed by atoms with van der Waals surface area (Å²) in [7, 11) is 0. The van der Waals surface area contributed by atoms with Crippen molar-refractivity contribution in [1.29, 1.82) is 0 Å². The number of nitrogens with one attached hydrogen (secondary N) is 1. The molecule has 27 heavy (non-hydrogen) atoms. The van der Waals surface area contributed by atoms with Gasteiger partial charge >= 0.3 is 0 Å². The van der Waals surface area contributed by atoms with Crippen LogP contribution in [-0.4, -0.2) is 52.5 Å². The highest BCUT2D eigenvalue weighted by Gasteiger charge is 2.21. The maximum Gasteiger partial charge on any atom is 0.250 e. The van der Waals surface area contributed by atoms with Gasteiger partial charge in [0.1, 0.15) is 5.75 Å². The van der Waals surface area contributed by atoms with Crippen LogP contribution in [-0.2, 0) is 0 Å². The Hall–Kier alpha value is -2.61. The van der Waals surface area contributed by atoms with Crippen LogP contribution in [0.3, 0.4) is 0 Å². The molecular formula is C18H22ClN7O. The summed E-state index contributed by atoms with van der Waals surface area (Å²) in [5.74, 6) is 1.88. The van der Waals surface area contributed by atoms with Crippen molar-refractivity contribution in [2.24, 2.45) is 5.10 Å². The van der Waals surface area contributed by atoms with Gasteiger partial charge in [-0.3, -0.25) is 0 Å². The van der Waals surface area contributed by atoms with E-state index < -0.39 is 0 Å². The minimum absolute atomic E-state index is 0.108. The highest BCUT2D eigenvalue weighted by Crippen LogP contribution is 2.23. The zero-order valence-electron chi connectivity index (χ0n) is 15.0. The van der Waals surface area contributed by atoms with E-state index in [0.29, 0.717) is 28.4 Å². The fraction of sp³-hybridized carbons (Fsp3) is 0.444. The Labute approximate surface area is 162 Å². The standard InChI is InChI=1S/C18H22ClN7O/c19-14-5-6-15(27)13(11-14)12-20-24-16-21-17(25-7-1-2-8-25)23-18(22-16)26-9-3-4-10-26/h5-6,11-12,27H,1-4,7-10H2,(H,21,22,23,24)/b20-12-. The van der Waals surface area contributed by atoms with Crippen molar-refractivity contribution in [2.45, 2.75) is 25.7 Å². The van der Waals surface area contributed by atoms with Gasteiger partial charge < -0.3 is 14.9 Å². The van der Waals surface area contributed by atoms with Gasteiger partial charge in [0, 0.05) is 36.8 Å². The Kier molecular flexibility index (Phi) is 5.24. The number of rotatable bonds is 5. The number of aromatic nitrogens is 3. The minimum Gasteiger partial charge on any atom is -0.507 e. The normalized spacial score (nSPS) is 17.2. The van der Waals surface area contributed by atoms with E-state index in [-0.39, 0.29) is 5.75 Å². The summed E-state index contributed by atoms with van der Waals surface area (Å²) in [6, 6.07) is 4.79. The van der Waals surface area contributed by atoms with Crippen molar-refractivity contribution in [3.05, 3.63) is 28.8 Å². The lowest BCUT2D eigenvalue weighted by Gasteiger charge is -2.20. The highest BCUT2D eigenvalue weighted by molar-refractivity contribution is 6.30. The third-order valence-electron chi connectivity index (χ3n) is 4.75. The summed E-state index contributed by atoms with van der Waals surface area (Å²) >= 11 is 5.96. The number of nitrogens with zero attached hydrogens (tertiary/aromatic N) is 6. The Morgan fingerprint density at radius 1 is 0.963 bits per heavy atom. The molecule has 0 spiro atoms. The molecule has 1 aromatic heterocycles. The predicted molar refractivity (Wildman–Crippen MR) is 107 cm³/mol. The van der Waals surface area contributed by atoms with Gasteiger partial charge in [0.25, 0.3) is 0 Å². The smallest absolute Gasteiger partial charge is 0.250 e. The fourth-order valence-corrected chi connectivity index (χ4v) is 3.49. The first-order valence-corrected chi connectivity index (χ1v) is 9.60. The second-order valence-electron chi connectivity index (χ2n) is 6.72. The largest absolute Gasteiger partial charge is 0.507 e. The van der Waals surface area contributed by atoms with E-state index in [4.69, 9.17) is 11.6 Å². The van der Waals surface area contributed by atoms with E-state index >= 15 is 0 Å². The lowest BCUT2D eigenvalue weighted by molar-refractivity contribution is 0.474. The third kappa shape index (κ3) is 4.21. The zero-order chi connectivity index (χ0) is 18.6. The molecule has 2 aromatic rings. The maximum absolute atomic E-state index is 9.88. The number of phenols is 1. The van der Waals surface area contributed by atoms with Gasteiger partial charge in [-0.05, 0) is 43.9 Å². The number of phenolic OH excluding ortho intramolecular Hbond substituents is 1. The van der Waals surface area contributed by atoms with Crippen molar-refractivity contribution < 1.29 is 5.11 Å². The Balaban J connectivity index is 1.56. The molecule has 2 aliphatic heterocycles. The first-order valence-electron chi connectivity index (χ1n) is 9.22. The SMILES string of the molecule is Oc1ccc(Cl)cc1/C=N\Nc1nc(N2CCCC2)nc(N2CCCC2)n1. The lowest BCUT2D eigenvalue weighted by Crippen LogP contribution is -2.25. The highest BCUT2D eigenvalue weighted by atomic mass is 35.5. The average Bonchev–Trinajstić information content (AvgIpc) is 3.38. The summed E-state index contributed by atoms with van der Waals surface area (Å²) < 4.78 is 0. The van der Waals surface area contributed by atoms with Crippen LogP contribution in [0.5, 0.6) is 5.75 Å². The van der Waals surface area contributed by atoms with Crippen LogP contribution < -0.4 is 15.2 Å². The molecule has 8 nitrogen and oxygen atoms in total. The van der Waals surface area contributed by atoms with Crippen LogP contribution in [0.4, 0.5) is 17.8 Å². The van der Waals surface area contributed by atoms with Crippen LogP contribution in [0, 0.1) is 0 Å². The summed E-state index contributed by atoms with van der Waals surface area (Å²) in [5.41, 5.74) is 3.38. The molecule has 2 saturated heterocycles. The monoisotopic (exact) mass is 387 g/mol. The second-order valence-corrected chi connectivity index (χ2v) is 7.16. The average molecular weight is 388 g/mol. The number of aromatic hydroxyl groups is 1. The maximum atomic E-state index is 9.88. The van der Waals surface area contributed by atoms with Crippen LogP contribution >= 0.6 is 11.6 Å². The van der Waals surface area contributed by atoms with E-state index in [0.717, 1.165) is 51.9 Å².